The maximum Gasteiger partial charge on any atom is 0.271 e. The molecule has 16 heavy (non-hydrogen) atoms. The number of hydrogen-bond donors (Lipinski definition) is 0. The Morgan fingerprint density at radius 2 is 2.00 bits per heavy atom. The lowest BCUT2D eigenvalue weighted by atomic mass is 10.2. The second-order valence-corrected chi connectivity index (χ2v) is 5.44. The molecule has 0 spiro atoms. The van der Waals surface area contributed by atoms with E-state index in [1.165, 1.54) is 11.3 Å². The van der Waals surface area contributed by atoms with Gasteiger partial charge in [-0.05, 0) is 25.3 Å². The Hall–Kier alpha value is -1.16. The van der Waals surface area contributed by atoms with E-state index in [-0.39, 0.29) is 17.5 Å². The number of fused-ring (bicyclic) bond motifs is 1. The molecule has 2 heterocycles. The Morgan fingerprint density at radius 1 is 1.31 bits per heavy atom. The second-order valence-electron chi connectivity index (χ2n) is 4.53. The average molecular weight is 236 g/mol. The van der Waals surface area contributed by atoms with E-state index >= 15 is 0 Å². The summed E-state index contributed by atoms with van der Waals surface area (Å²) in [4.78, 5) is 16.9. The van der Waals surface area contributed by atoms with E-state index in [1.54, 1.807) is 0 Å². The van der Waals surface area contributed by atoms with Crippen LogP contribution in [0.1, 0.15) is 45.5 Å². The van der Waals surface area contributed by atoms with E-state index in [0.717, 1.165) is 16.0 Å². The molecule has 2 aromatic rings. The van der Waals surface area contributed by atoms with Crippen molar-refractivity contribution < 1.29 is 0 Å². The van der Waals surface area contributed by atoms with Crippen molar-refractivity contribution in [2.24, 2.45) is 0 Å². The van der Waals surface area contributed by atoms with Crippen molar-refractivity contribution in [1.82, 2.24) is 9.55 Å². The minimum Gasteiger partial charge on any atom is -0.293 e. The maximum atomic E-state index is 12.3. The number of rotatable bonds is 2. The third-order valence-electron chi connectivity index (χ3n) is 2.57. The lowest BCUT2D eigenvalue weighted by Gasteiger charge is -2.17. The van der Waals surface area contributed by atoms with Gasteiger partial charge in [0, 0.05) is 12.0 Å². The molecule has 0 bridgehead atoms. The molecule has 0 fully saturated rings. The molecule has 0 unspecified atom stereocenters. The molecule has 0 saturated carbocycles. The van der Waals surface area contributed by atoms with Crippen LogP contribution in [0.25, 0.3) is 10.2 Å². The predicted molar refractivity (Wildman–Crippen MR) is 68.4 cm³/mol. The van der Waals surface area contributed by atoms with Gasteiger partial charge in [0.25, 0.3) is 5.56 Å². The number of aromatic nitrogens is 2. The molecule has 0 amide bonds. The molecular weight excluding hydrogens is 220 g/mol. The largest absolute Gasteiger partial charge is 0.293 e. The Morgan fingerprint density at radius 3 is 2.56 bits per heavy atom. The van der Waals surface area contributed by atoms with Gasteiger partial charge < -0.3 is 0 Å². The molecule has 0 saturated heterocycles. The van der Waals surface area contributed by atoms with Crippen LogP contribution >= 0.6 is 11.3 Å². The van der Waals surface area contributed by atoms with E-state index in [2.05, 4.69) is 18.8 Å². The first-order chi connectivity index (χ1) is 7.52. The fourth-order valence-electron chi connectivity index (χ4n) is 1.85. The summed E-state index contributed by atoms with van der Waals surface area (Å²) in [6.07, 6.45) is 0. The van der Waals surface area contributed by atoms with Gasteiger partial charge >= 0.3 is 0 Å². The fraction of sp³-hybridized carbons (Fsp3) is 0.500. The lowest BCUT2D eigenvalue weighted by molar-refractivity contribution is 0.523. The normalized spacial score (nSPS) is 11.9. The molecule has 2 rings (SSSR count). The van der Waals surface area contributed by atoms with Gasteiger partial charge in [-0.2, -0.15) is 0 Å². The number of hydrogen-bond acceptors (Lipinski definition) is 3. The van der Waals surface area contributed by atoms with Gasteiger partial charge in [-0.25, -0.2) is 4.98 Å². The summed E-state index contributed by atoms with van der Waals surface area (Å²) in [6.45, 7) is 8.18. The average Bonchev–Trinajstić information content (AvgIpc) is 2.64. The van der Waals surface area contributed by atoms with Gasteiger partial charge in [0.05, 0.1) is 5.52 Å². The first-order valence-corrected chi connectivity index (χ1v) is 6.40. The van der Waals surface area contributed by atoms with Gasteiger partial charge in [-0.15, -0.1) is 11.3 Å². The molecule has 86 valence electrons. The zero-order chi connectivity index (χ0) is 11.9. The third-order valence-corrected chi connectivity index (χ3v) is 3.46. The van der Waals surface area contributed by atoms with Crippen LogP contribution in [-0.4, -0.2) is 9.55 Å². The third kappa shape index (κ3) is 1.67. The molecule has 0 atom stereocenters. The molecule has 0 aliphatic carbocycles. The first kappa shape index (κ1) is 11.3. The van der Waals surface area contributed by atoms with Crippen LogP contribution in [0.5, 0.6) is 0 Å². The maximum absolute atomic E-state index is 12.3. The van der Waals surface area contributed by atoms with Gasteiger partial charge in [0.1, 0.15) is 10.5 Å². The van der Waals surface area contributed by atoms with Crippen molar-refractivity contribution in [3.05, 3.63) is 27.6 Å². The second kappa shape index (κ2) is 4.01. The smallest absolute Gasteiger partial charge is 0.271 e. The summed E-state index contributed by atoms with van der Waals surface area (Å²) in [5.41, 5.74) is 0.925. The van der Waals surface area contributed by atoms with Crippen molar-refractivity contribution in [1.29, 1.82) is 0 Å². The summed E-state index contributed by atoms with van der Waals surface area (Å²) in [6, 6.07) is 2.07. The highest BCUT2D eigenvalue weighted by molar-refractivity contribution is 7.17. The molecule has 3 nitrogen and oxygen atoms in total. The number of thiophene rings is 1. The monoisotopic (exact) mass is 236 g/mol. The Kier molecular flexibility index (Phi) is 2.84. The molecule has 0 aliphatic heterocycles. The summed E-state index contributed by atoms with van der Waals surface area (Å²) >= 11 is 1.47. The van der Waals surface area contributed by atoms with Crippen LogP contribution in [0, 0.1) is 0 Å². The van der Waals surface area contributed by atoms with Crippen molar-refractivity contribution in [2.75, 3.05) is 0 Å². The highest BCUT2D eigenvalue weighted by atomic mass is 32.1. The van der Waals surface area contributed by atoms with Crippen LogP contribution in [-0.2, 0) is 0 Å². The van der Waals surface area contributed by atoms with Gasteiger partial charge in [0.2, 0.25) is 0 Å². The summed E-state index contributed by atoms with van der Waals surface area (Å²) < 4.78 is 2.57. The first-order valence-electron chi connectivity index (χ1n) is 5.52. The minimum absolute atomic E-state index is 0.0960. The fourth-order valence-corrected chi connectivity index (χ4v) is 2.61. The zero-order valence-corrected chi connectivity index (χ0v) is 10.8. The SMILES string of the molecule is CC(C)c1nc2ccsc2c(=O)n1C(C)C. The lowest BCUT2D eigenvalue weighted by Crippen LogP contribution is -2.26. The molecule has 0 radical (unpaired) electrons. The highest BCUT2D eigenvalue weighted by Crippen LogP contribution is 2.20. The molecule has 4 heteroatoms. The van der Waals surface area contributed by atoms with E-state index in [1.807, 2.05) is 29.9 Å². The standard InChI is InChI=1S/C12H16N2OS/c1-7(2)11-13-9-5-6-16-10(9)12(15)14(11)8(3)4/h5-8H,1-4H3. The van der Waals surface area contributed by atoms with Crippen LogP contribution < -0.4 is 5.56 Å². The van der Waals surface area contributed by atoms with E-state index < -0.39 is 0 Å². The van der Waals surface area contributed by atoms with Crippen LogP contribution in [0.2, 0.25) is 0 Å². The van der Waals surface area contributed by atoms with Crippen molar-refractivity contribution >= 4 is 21.6 Å². The molecule has 0 N–H and O–H groups in total. The number of nitrogens with zero attached hydrogens (tertiary/aromatic N) is 2. The van der Waals surface area contributed by atoms with Crippen molar-refractivity contribution in [3.63, 3.8) is 0 Å². The summed E-state index contributed by atoms with van der Waals surface area (Å²) in [5, 5.41) is 1.92. The highest BCUT2D eigenvalue weighted by Gasteiger charge is 2.16. The van der Waals surface area contributed by atoms with Crippen molar-refractivity contribution in [3.8, 4) is 0 Å². The van der Waals surface area contributed by atoms with Crippen LogP contribution in [0.15, 0.2) is 16.2 Å². The van der Waals surface area contributed by atoms with Crippen LogP contribution in [0.4, 0.5) is 0 Å². The quantitative estimate of drug-likeness (QED) is 0.802. The molecule has 2 aromatic heterocycles. The van der Waals surface area contributed by atoms with Crippen molar-refractivity contribution in [2.45, 2.75) is 39.7 Å². The van der Waals surface area contributed by atoms with Gasteiger partial charge in [0.15, 0.2) is 0 Å². The minimum atomic E-state index is 0.0960. The summed E-state index contributed by atoms with van der Waals surface area (Å²) in [5.74, 6) is 1.14. The van der Waals surface area contributed by atoms with E-state index in [0.29, 0.717) is 0 Å². The van der Waals surface area contributed by atoms with Gasteiger partial charge in [-0.1, -0.05) is 13.8 Å². The Labute approximate surface area is 98.8 Å². The van der Waals surface area contributed by atoms with E-state index in [4.69, 9.17) is 0 Å². The molecule has 0 aliphatic rings. The predicted octanol–water partition coefficient (Wildman–Crippen LogP) is 3.16. The van der Waals surface area contributed by atoms with E-state index in [9.17, 15) is 4.79 Å². The molecular formula is C12H16N2OS. The Bertz CT molecular complexity index is 566. The molecule has 0 aromatic carbocycles. The zero-order valence-electron chi connectivity index (χ0n) is 10.0. The van der Waals surface area contributed by atoms with Crippen LogP contribution in [0.3, 0.4) is 0 Å². The van der Waals surface area contributed by atoms with Gasteiger partial charge in [-0.3, -0.25) is 9.36 Å². The Balaban J connectivity index is 2.86. The topological polar surface area (TPSA) is 34.9 Å². The summed E-state index contributed by atoms with van der Waals surface area (Å²) in [7, 11) is 0.